The molecule has 270 valence electrons. The maximum Gasteiger partial charge on any atom is 0.0597 e. The minimum atomic E-state index is 0.207. The van der Waals surface area contributed by atoms with Crippen molar-refractivity contribution in [1.82, 2.24) is 0 Å². The van der Waals surface area contributed by atoms with Crippen LogP contribution in [0, 0.1) is 0 Å². The van der Waals surface area contributed by atoms with Crippen molar-refractivity contribution in [2.45, 2.75) is 37.6 Å². The molecule has 7 aromatic carbocycles. The molecule has 0 spiro atoms. The number of nitrogens with zero attached hydrogens (tertiary/aromatic N) is 4. The molecule has 4 aliphatic heterocycles. The fraction of sp³-hybridized carbons (Fsp3) is 0.154. The van der Waals surface area contributed by atoms with Crippen molar-refractivity contribution in [2.75, 3.05) is 33.7 Å². The molecule has 12 rings (SSSR count). The number of hydrogen-bond acceptors (Lipinski definition) is 4. The van der Waals surface area contributed by atoms with Gasteiger partial charge in [-0.1, -0.05) is 97.1 Å². The summed E-state index contributed by atoms with van der Waals surface area (Å²) in [6.45, 7) is 0. The van der Waals surface area contributed by atoms with Gasteiger partial charge >= 0.3 is 0 Å². The van der Waals surface area contributed by atoms with E-state index in [0.29, 0.717) is 0 Å². The Labute approximate surface area is 328 Å². The van der Waals surface area contributed by atoms with Crippen LogP contribution in [0.5, 0.6) is 0 Å². The Balaban J connectivity index is 0.990. The third-order valence-electron chi connectivity index (χ3n) is 13.3. The Morgan fingerprint density at radius 1 is 0.482 bits per heavy atom. The van der Waals surface area contributed by atoms with E-state index >= 15 is 0 Å². The lowest BCUT2D eigenvalue weighted by molar-refractivity contribution is 0.716. The third kappa shape index (κ3) is 4.47. The van der Waals surface area contributed by atoms with Gasteiger partial charge in [-0.2, -0.15) is 0 Å². The van der Waals surface area contributed by atoms with Crippen molar-refractivity contribution in [2.24, 2.45) is 0 Å². The molecule has 1 aliphatic carbocycles. The SMILES string of the molecule is CN1c2cc(N3c4ccccc4CCc4ccccc43)ccc2-c2cc3c(c4cccc1c24)C1C=CC(N2c4ccccc4CCc4ccccc42)=CC1N3C. The summed E-state index contributed by atoms with van der Waals surface area (Å²) in [6.07, 6.45) is 11.6. The van der Waals surface area contributed by atoms with Crippen LogP contribution in [0.15, 0.2) is 163 Å². The molecule has 7 aromatic rings. The zero-order valence-electron chi connectivity index (χ0n) is 31.8. The van der Waals surface area contributed by atoms with Gasteiger partial charge in [0.1, 0.15) is 0 Å². The number of allylic oxidation sites excluding steroid dienone is 1. The van der Waals surface area contributed by atoms with Gasteiger partial charge in [0.15, 0.2) is 0 Å². The van der Waals surface area contributed by atoms with E-state index in [9.17, 15) is 0 Å². The minimum Gasteiger partial charge on any atom is -0.367 e. The summed E-state index contributed by atoms with van der Waals surface area (Å²) in [5.74, 6) is 0.262. The number of para-hydroxylation sites is 4. The summed E-state index contributed by atoms with van der Waals surface area (Å²) in [6, 6.07) is 52.6. The largest absolute Gasteiger partial charge is 0.367 e. The fourth-order valence-electron chi connectivity index (χ4n) is 10.6. The van der Waals surface area contributed by atoms with Crippen molar-refractivity contribution in [3.63, 3.8) is 0 Å². The Bertz CT molecular complexity index is 2750. The first-order valence-corrected chi connectivity index (χ1v) is 20.1. The second-order valence-corrected chi connectivity index (χ2v) is 16.1. The topological polar surface area (TPSA) is 13.0 Å². The minimum absolute atomic E-state index is 0.207. The average Bonchev–Trinajstić information content (AvgIpc) is 3.35. The van der Waals surface area contributed by atoms with Gasteiger partial charge in [0, 0.05) is 76.5 Å². The van der Waals surface area contributed by atoms with Gasteiger partial charge in [-0.3, -0.25) is 0 Å². The van der Waals surface area contributed by atoms with E-state index in [-0.39, 0.29) is 12.0 Å². The number of fused-ring (bicyclic) bond motifs is 10. The van der Waals surface area contributed by atoms with E-state index in [1.165, 1.54) is 101 Å². The van der Waals surface area contributed by atoms with Crippen LogP contribution in [-0.4, -0.2) is 20.1 Å². The first-order valence-electron chi connectivity index (χ1n) is 20.1. The molecule has 4 heteroatoms. The van der Waals surface area contributed by atoms with Gasteiger partial charge in [0.25, 0.3) is 0 Å². The van der Waals surface area contributed by atoms with Crippen molar-refractivity contribution < 1.29 is 0 Å². The predicted octanol–water partition coefficient (Wildman–Crippen LogP) is 12.4. The summed E-state index contributed by atoms with van der Waals surface area (Å²) >= 11 is 0. The van der Waals surface area contributed by atoms with E-state index in [1.54, 1.807) is 0 Å². The molecule has 0 saturated heterocycles. The number of hydrogen-bond donors (Lipinski definition) is 0. The summed E-state index contributed by atoms with van der Waals surface area (Å²) < 4.78 is 0. The highest BCUT2D eigenvalue weighted by Gasteiger charge is 2.40. The Kier molecular flexibility index (Phi) is 6.81. The van der Waals surface area contributed by atoms with E-state index < -0.39 is 0 Å². The van der Waals surface area contributed by atoms with Gasteiger partial charge in [-0.05, 0) is 125 Å². The van der Waals surface area contributed by atoms with E-state index in [4.69, 9.17) is 0 Å². The van der Waals surface area contributed by atoms with Crippen LogP contribution in [-0.2, 0) is 25.7 Å². The van der Waals surface area contributed by atoms with Gasteiger partial charge in [0.2, 0.25) is 0 Å². The summed E-state index contributed by atoms with van der Waals surface area (Å²) in [5, 5.41) is 2.71. The molecule has 5 aliphatic rings. The first kappa shape index (κ1) is 31.8. The zero-order chi connectivity index (χ0) is 37.1. The molecular weight excluding hydrogens is 681 g/mol. The molecule has 2 atom stereocenters. The smallest absolute Gasteiger partial charge is 0.0597 e. The Morgan fingerprint density at radius 3 is 1.64 bits per heavy atom. The molecule has 0 aromatic heterocycles. The van der Waals surface area contributed by atoms with E-state index in [0.717, 1.165) is 25.7 Å². The quantitative estimate of drug-likeness (QED) is 0.176. The van der Waals surface area contributed by atoms with Crippen LogP contribution in [0.2, 0.25) is 0 Å². The molecule has 0 amide bonds. The molecule has 4 heterocycles. The Morgan fingerprint density at radius 2 is 1.04 bits per heavy atom. The predicted molar refractivity (Wildman–Crippen MR) is 234 cm³/mol. The van der Waals surface area contributed by atoms with Crippen LogP contribution >= 0.6 is 0 Å². The molecular formula is C52H42N4. The van der Waals surface area contributed by atoms with Gasteiger partial charge < -0.3 is 19.6 Å². The summed E-state index contributed by atoms with van der Waals surface area (Å²) in [7, 11) is 4.55. The molecule has 2 unspecified atom stereocenters. The van der Waals surface area contributed by atoms with E-state index in [1.807, 2.05) is 0 Å². The standard InChI is InChI=1S/C52H42N4/c1-53-47-21-11-16-41-51-40-29-27-38(56-45-19-9-5-14-35(45)24-25-36-15-6-10-20-46(36)56)31-49(40)54(2)50(51)32-42(52(41)47)39-28-26-37(30-48(39)53)55-43-17-7-3-12-33(43)22-23-34-13-4-8-18-44(34)55/h3-21,26-32,40,49H,22-25H2,1-2H3. The highest BCUT2D eigenvalue weighted by molar-refractivity contribution is 6.15. The average molecular weight is 723 g/mol. The lowest BCUT2D eigenvalue weighted by atomic mass is 9.83. The maximum atomic E-state index is 2.54. The van der Waals surface area contributed by atoms with Crippen LogP contribution in [0.4, 0.5) is 45.5 Å². The molecule has 0 fully saturated rings. The van der Waals surface area contributed by atoms with Crippen molar-refractivity contribution in [1.29, 1.82) is 0 Å². The molecule has 56 heavy (non-hydrogen) atoms. The van der Waals surface area contributed by atoms with Crippen LogP contribution in [0.1, 0.15) is 33.7 Å². The zero-order valence-corrected chi connectivity index (χ0v) is 31.8. The second kappa shape index (κ2) is 12.0. The number of likely N-dealkylation sites (N-methyl/N-ethyl adjacent to an activating group) is 1. The summed E-state index contributed by atoms with van der Waals surface area (Å²) in [5.41, 5.74) is 21.0. The molecule has 0 N–H and O–H groups in total. The Hall–Kier alpha value is -6.52. The number of rotatable bonds is 2. The van der Waals surface area contributed by atoms with Crippen LogP contribution in [0.3, 0.4) is 0 Å². The number of benzene rings is 7. The van der Waals surface area contributed by atoms with Gasteiger partial charge in [-0.25, -0.2) is 0 Å². The second-order valence-electron chi connectivity index (χ2n) is 16.1. The maximum absolute atomic E-state index is 2.54. The van der Waals surface area contributed by atoms with Gasteiger partial charge in [-0.15, -0.1) is 0 Å². The lowest BCUT2D eigenvalue weighted by Crippen LogP contribution is -2.32. The van der Waals surface area contributed by atoms with Crippen LogP contribution in [0.25, 0.3) is 21.9 Å². The molecule has 0 radical (unpaired) electrons. The fourth-order valence-corrected chi connectivity index (χ4v) is 10.6. The monoisotopic (exact) mass is 722 g/mol. The van der Waals surface area contributed by atoms with Crippen LogP contribution < -0.4 is 19.6 Å². The highest BCUT2D eigenvalue weighted by atomic mass is 15.2. The molecule has 4 nitrogen and oxygen atoms in total. The van der Waals surface area contributed by atoms with E-state index in [2.05, 4.69) is 191 Å². The highest BCUT2D eigenvalue weighted by Crippen LogP contribution is 2.56. The number of aryl methyl sites for hydroxylation is 4. The third-order valence-corrected chi connectivity index (χ3v) is 13.3. The molecule has 0 bridgehead atoms. The van der Waals surface area contributed by atoms with Crippen molar-refractivity contribution in [3.05, 3.63) is 191 Å². The lowest BCUT2D eigenvalue weighted by Gasteiger charge is -2.34. The number of anilines is 8. The van der Waals surface area contributed by atoms with Crippen molar-refractivity contribution >= 4 is 56.3 Å². The molecule has 0 saturated carbocycles. The van der Waals surface area contributed by atoms with Gasteiger partial charge in [0.05, 0.1) is 11.7 Å². The summed E-state index contributed by atoms with van der Waals surface area (Å²) in [4.78, 5) is 9.97. The normalized spacial score (nSPS) is 18.5. The first-order chi connectivity index (χ1) is 27.6. The van der Waals surface area contributed by atoms with Crippen molar-refractivity contribution in [3.8, 4) is 11.1 Å².